The van der Waals surface area contributed by atoms with Crippen molar-refractivity contribution in [3.63, 3.8) is 0 Å². The molecule has 2 saturated heterocycles. The first-order valence-electron chi connectivity index (χ1n) is 10.5. The van der Waals surface area contributed by atoms with E-state index in [1.54, 1.807) is 16.0 Å². The fourth-order valence-electron chi connectivity index (χ4n) is 4.37. The van der Waals surface area contributed by atoms with Gasteiger partial charge in [0.05, 0.1) is 10.9 Å². The van der Waals surface area contributed by atoms with Gasteiger partial charge in [-0.2, -0.15) is 0 Å². The van der Waals surface area contributed by atoms with Crippen molar-refractivity contribution < 1.29 is 9.59 Å². The molecule has 9 heteroatoms. The van der Waals surface area contributed by atoms with E-state index in [2.05, 4.69) is 15.0 Å². The van der Waals surface area contributed by atoms with Gasteiger partial charge in [0.1, 0.15) is 6.04 Å². The number of aromatic nitrogens is 3. The van der Waals surface area contributed by atoms with Gasteiger partial charge in [-0.3, -0.25) is 14.4 Å². The van der Waals surface area contributed by atoms with E-state index in [0.29, 0.717) is 42.9 Å². The molecule has 2 fully saturated rings. The summed E-state index contributed by atoms with van der Waals surface area (Å²) >= 11 is 0. The van der Waals surface area contributed by atoms with Gasteiger partial charge in [-0.15, -0.1) is 0 Å². The van der Waals surface area contributed by atoms with Crippen LogP contribution in [0.3, 0.4) is 0 Å². The number of hydrogen-bond donors (Lipinski definition) is 1. The quantitative estimate of drug-likeness (QED) is 0.807. The number of carbonyl (C=O) groups is 2. The number of hydrogen-bond acceptors (Lipinski definition) is 6. The van der Waals surface area contributed by atoms with Gasteiger partial charge in [0.15, 0.2) is 0 Å². The third-order valence-corrected chi connectivity index (χ3v) is 6.18. The minimum absolute atomic E-state index is 0.0130. The zero-order valence-corrected chi connectivity index (χ0v) is 17.7. The maximum absolute atomic E-state index is 12.9. The van der Waals surface area contributed by atoms with Crippen molar-refractivity contribution in [1.82, 2.24) is 24.8 Å². The average Bonchev–Trinajstić information content (AvgIpc) is 3.18. The van der Waals surface area contributed by atoms with Crippen molar-refractivity contribution in [2.24, 2.45) is 0 Å². The molecule has 0 bridgehead atoms. The molecule has 0 unspecified atom stereocenters. The molecule has 2 amide bonds. The van der Waals surface area contributed by atoms with Crippen molar-refractivity contribution in [3.05, 3.63) is 28.3 Å². The molecule has 30 heavy (non-hydrogen) atoms. The first-order chi connectivity index (χ1) is 14.3. The summed E-state index contributed by atoms with van der Waals surface area (Å²) < 4.78 is 0. The Hall–Kier alpha value is -2.97. The second-order valence-corrected chi connectivity index (χ2v) is 8.38. The molecule has 0 radical (unpaired) electrons. The van der Waals surface area contributed by atoms with Gasteiger partial charge in [0.2, 0.25) is 17.8 Å². The van der Waals surface area contributed by atoms with Crippen LogP contribution in [0.1, 0.15) is 44.2 Å². The van der Waals surface area contributed by atoms with E-state index < -0.39 is 6.04 Å². The highest BCUT2D eigenvalue weighted by Crippen LogP contribution is 2.28. The number of anilines is 1. The largest absolute Gasteiger partial charge is 0.347 e. The van der Waals surface area contributed by atoms with Crippen LogP contribution in [0.15, 0.2) is 17.1 Å². The van der Waals surface area contributed by atoms with Gasteiger partial charge in [-0.1, -0.05) is 0 Å². The smallest absolute Gasteiger partial charge is 0.259 e. The lowest BCUT2D eigenvalue weighted by Crippen LogP contribution is -2.49. The van der Waals surface area contributed by atoms with E-state index in [-0.39, 0.29) is 23.3 Å². The number of rotatable bonds is 4. The second kappa shape index (κ2) is 8.04. The Kier molecular flexibility index (Phi) is 5.44. The standard InChI is InChI=1S/C21H28N6O3/c1-13(27-8-4-5-18(27)28)20(30)26-9-6-14(7-10-26)16-11-17-15(19(29)23-16)12-22-21(24-17)25(2)3/h11-14H,4-10H2,1-3H3,(H,23,29)/t13-/m1/s1. The first-order valence-corrected chi connectivity index (χ1v) is 10.5. The molecule has 2 aliphatic heterocycles. The van der Waals surface area contributed by atoms with Crippen LogP contribution in [-0.2, 0) is 9.59 Å². The SMILES string of the molecule is C[C@H](C(=O)N1CCC(c2cc3nc(N(C)C)ncc3c(=O)[nH]2)CC1)N1CCCC1=O. The van der Waals surface area contributed by atoms with E-state index in [0.717, 1.165) is 25.0 Å². The number of amides is 2. The predicted octanol–water partition coefficient (Wildman–Crippen LogP) is 1.10. The van der Waals surface area contributed by atoms with Crippen LogP contribution in [-0.4, -0.2) is 76.3 Å². The van der Waals surface area contributed by atoms with Crippen molar-refractivity contribution >= 4 is 28.7 Å². The topological polar surface area (TPSA) is 102 Å². The number of nitrogens with zero attached hydrogens (tertiary/aromatic N) is 5. The Morgan fingerprint density at radius 2 is 1.97 bits per heavy atom. The predicted molar refractivity (Wildman–Crippen MR) is 113 cm³/mol. The average molecular weight is 412 g/mol. The van der Waals surface area contributed by atoms with Gasteiger partial charge in [0.25, 0.3) is 5.56 Å². The third-order valence-electron chi connectivity index (χ3n) is 6.18. The Morgan fingerprint density at radius 1 is 1.23 bits per heavy atom. The Labute approximate surface area is 175 Å². The van der Waals surface area contributed by atoms with Gasteiger partial charge < -0.3 is 19.7 Å². The van der Waals surface area contributed by atoms with Crippen molar-refractivity contribution in [2.75, 3.05) is 38.6 Å². The summed E-state index contributed by atoms with van der Waals surface area (Å²) in [6.45, 7) is 3.71. The van der Waals surface area contributed by atoms with E-state index in [9.17, 15) is 14.4 Å². The van der Waals surface area contributed by atoms with E-state index in [4.69, 9.17) is 0 Å². The minimum Gasteiger partial charge on any atom is -0.347 e. The summed E-state index contributed by atoms with van der Waals surface area (Å²) in [7, 11) is 3.72. The highest BCUT2D eigenvalue weighted by molar-refractivity contribution is 5.88. The van der Waals surface area contributed by atoms with Gasteiger partial charge >= 0.3 is 0 Å². The maximum Gasteiger partial charge on any atom is 0.259 e. The summed E-state index contributed by atoms with van der Waals surface area (Å²) in [4.78, 5) is 54.4. The summed E-state index contributed by atoms with van der Waals surface area (Å²) in [5.74, 6) is 0.801. The minimum atomic E-state index is -0.404. The molecule has 0 aromatic carbocycles. The van der Waals surface area contributed by atoms with Gasteiger partial charge in [0, 0.05) is 58.0 Å². The molecule has 0 spiro atoms. The normalized spacial score (nSPS) is 18.8. The monoisotopic (exact) mass is 412 g/mol. The molecular weight excluding hydrogens is 384 g/mol. The highest BCUT2D eigenvalue weighted by Gasteiger charge is 2.33. The van der Waals surface area contributed by atoms with Crippen molar-refractivity contribution in [3.8, 4) is 0 Å². The summed E-state index contributed by atoms with van der Waals surface area (Å²) in [6, 6.07) is 1.53. The maximum atomic E-state index is 12.9. The molecule has 1 atom stereocenters. The number of likely N-dealkylation sites (tertiary alicyclic amines) is 2. The second-order valence-electron chi connectivity index (χ2n) is 8.38. The summed E-state index contributed by atoms with van der Waals surface area (Å²) in [6.07, 6.45) is 4.45. The zero-order valence-electron chi connectivity index (χ0n) is 17.7. The van der Waals surface area contributed by atoms with Crippen LogP contribution >= 0.6 is 0 Å². The lowest BCUT2D eigenvalue weighted by molar-refractivity contribution is -0.143. The number of aromatic amines is 1. The van der Waals surface area contributed by atoms with E-state index >= 15 is 0 Å². The van der Waals surface area contributed by atoms with Gasteiger partial charge in [-0.25, -0.2) is 9.97 Å². The number of fused-ring (bicyclic) bond motifs is 1. The van der Waals surface area contributed by atoms with Crippen molar-refractivity contribution in [1.29, 1.82) is 0 Å². The molecule has 2 aliphatic rings. The summed E-state index contributed by atoms with van der Waals surface area (Å²) in [5.41, 5.74) is 1.30. The fraction of sp³-hybridized carbons (Fsp3) is 0.571. The molecule has 4 rings (SSSR count). The Balaban J connectivity index is 1.47. The van der Waals surface area contributed by atoms with Gasteiger partial charge in [-0.05, 0) is 32.3 Å². The molecule has 0 saturated carbocycles. The Morgan fingerprint density at radius 3 is 2.60 bits per heavy atom. The molecule has 9 nitrogen and oxygen atoms in total. The molecule has 0 aliphatic carbocycles. The highest BCUT2D eigenvalue weighted by atomic mass is 16.2. The number of pyridine rings is 1. The summed E-state index contributed by atoms with van der Waals surface area (Å²) in [5, 5.41) is 0.473. The van der Waals surface area contributed by atoms with Crippen molar-refractivity contribution in [2.45, 2.75) is 44.6 Å². The van der Waals surface area contributed by atoms with E-state index in [1.165, 1.54) is 0 Å². The lowest BCUT2D eigenvalue weighted by Gasteiger charge is -2.35. The van der Waals surface area contributed by atoms with Crippen LogP contribution in [0.2, 0.25) is 0 Å². The molecule has 4 heterocycles. The van der Waals surface area contributed by atoms with E-state index in [1.807, 2.05) is 32.0 Å². The Bertz CT molecular complexity index is 1030. The molecule has 1 N–H and O–H groups in total. The zero-order chi connectivity index (χ0) is 21.4. The lowest BCUT2D eigenvalue weighted by atomic mass is 9.92. The molecule has 2 aromatic rings. The molecule has 160 valence electrons. The number of nitrogens with one attached hydrogen (secondary N) is 1. The number of carbonyl (C=O) groups excluding carboxylic acids is 2. The number of H-pyrrole nitrogens is 1. The number of piperidine rings is 1. The van der Waals surface area contributed by atoms with Crippen LogP contribution < -0.4 is 10.5 Å². The third kappa shape index (κ3) is 3.76. The van der Waals surface area contributed by atoms with Crippen LogP contribution in [0, 0.1) is 0 Å². The van der Waals surface area contributed by atoms with Crippen LogP contribution in [0.4, 0.5) is 5.95 Å². The van der Waals surface area contributed by atoms with Crippen LogP contribution in [0.5, 0.6) is 0 Å². The first kappa shape index (κ1) is 20.3. The fourth-order valence-corrected chi connectivity index (χ4v) is 4.37. The molecule has 2 aromatic heterocycles. The molecular formula is C21H28N6O3. The van der Waals surface area contributed by atoms with Crippen LogP contribution in [0.25, 0.3) is 10.9 Å².